The van der Waals surface area contributed by atoms with E-state index in [9.17, 15) is 9.59 Å². The van der Waals surface area contributed by atoms with Crippen LogP contribution in [0.4, 0.5) is 21.5 Å². The number of carbonyl (C=O) groups is 2. The summed E-state index contributed by atoms with van der Waals surface area (Å²) in [6.07, 6.45) is 0. The summed E-state index contributed by atoms with van der Waals surface area (Å²) in [5.41, 5.74) is 7.47. The monoisotopic (exact) mass is 461 g/mol. The Kier molecular flexibility index (Phi) is 6.53. The molecule has 0 bridgehead atoms. The number of nitrogens with one attached hydrogen (secondary N) is 3. The van der Waals surface area contributed by atoms with Crippen LogP contribution < -0.4 is 21.7 Å². The van der Waals surface area contributed by atoms with Gasteiger partial charge in [0.15, 0.2) is 10.8 Å². The molecular formula is C24H23N5O3S. The van der Waals surface area contributed by atoms with Crippen molar-refractivity contribution in [3.63, 3.8) is 0 Å². The van der Waals surface area contributed by atoms with Gasteiger partial charge in [0, 0.05) is 23.0 Å². The Morgan fingerprint density at radius 3 is 2.42 bits per heavy atom. The third kappa shape index (κ3) is 5.28. The van der Waals surface area contributed by atoms with Gasteiger partial charge in [-0.2, -0.15) is 0 Å². The largest absolute Gasteiger partial charge is 0.394 e. The zero-order valence-electron chi connectivity index (χ0n) is 17.8. The van der Waals surface area contributed by atoms with Gasteiger partial charge in [0.1, 0.15) is 5.00 Å². The lowest BCUT2D eigenvalue weighted by Gasteiger charge is -2.12. The third-order valence-corrected chi connectivity index (χ3v) is 5.81. The van der Waals surface area contributed by atoms with Crippen molar-refractivity contribution < 1.29 is 14.7 Å². The highest BCUT2D eigenvalue weighted by molar-refractivity contribution is 7.20. The summed E-state index contributed by atoms with van der Waals surface area (Å²) >= 11 is 1.13. The van der Waals surface area contributed by atoms with E-state index in [1.54, 1.807) is 24.3 Å². The number of carbonyl (C=O) groups excluding carboxylic acids is 2. The van der Waals surface area contributed by atoms with Gasteiger partial charge in [-0.15, -0.1) is 0 Å². The summed E-state index contributed by atoms with van der Waals surface area (Å²) in [5.74, 6) is -1.12. The molecule has 168 valence electrons. The second-order valence-corrected chi connectivity index (χ2v) is 8.51. The number of benzene rings is 3. The second-order valence-electron chi connectivity index (χ2n) is 7.51. The standard InChI is InChI=1S/C24H23N5O3S/c1-14(13-30)26-18-9-7-16(8-10-18)22(32)29-23-20(21(25)31)28-24(33-23)27-19-11-6-15-4-2-3-5-17(15)12-19/h2-12,14,26,30H,13H2,1H3,(H2,25,31)(H,27,28)(H,29,32). The fourth-order valence-electron chi connectivity index (χ4n) is 3.24. The SMILES string of the molecule is CC(CO)Nc1ccc(C(=O)Nc2sc(Nc3ccc4ccccc4c3)nc2C(N)=O)cc1. The number of rotatable bonds is 8. The van der Waals surface area contributed by atoms with Crippen molar-refractivity contribution >= 4 is 55.4 Å². The number of anilines is 4. The van der Waals surface area contributed by atoms with Crippen LogP contribution in [-0.4, -0.2) is 34.6 Å². The number of aliphatic hydroxyl groups is 1. The number of primary amides is 1. The first-order valence-electron chi connectivity index (χ1n) is 10.3. The second kappa shape index (κ2) is 9.68. The first-order chi connectivity index (χ1) is 15.9. The normalized spacial score (nSPS) is 11.7. The van der Waals surface area contributed by atoms with E-state index in [1.807, 2.05) is 49.4 Å². The maximum atomic E-state index is 12.7. The number of nitrogens with zero attached hydrogens (tertiary/aromatic N) is 1. The average Bonchev–Trinajstić information content (AvgIpc) is 3.21. The molecule has 0 aliphatic carbocycles. The predicted octanol–water partition coefficient (Wildman–Crippen LogP) is 4.18. The topological polar surface area (TPSA) is 129 Å². The van der Waals surface area contributed by atoms with Crippen molar-refractivity contribution in [2.75, 3.05) is 22.6 Å². The van der Waals surface area contributed by atoms with E-state index < -0.39 is 5.91 Å². The lowest BCUT2D eigenvalue weighted by Crippen LogP contribution is -2.19. The highest BCUT2D eigenvalue weighted by atomic mass is 32.1. The molecular weight excluding hydrogens is 438 g/mol. The van der Waals surface area contributed by atoms with Crippen LogP contribution in [-0.2, 0) is 0 Å². The van der Waals surface area contributed by atoms with Gasteiger partial charge in [-0.25, -0.2) is 4.98 Å². The van der Waals surface area contributed by atoms with Gasteiger partial charge in [-0.05, 0) is 54.1 Å². The molecule has 0 spiro atoms. The van der Waals surface area contributed by atoms with E-state index in [1.165, 1.54) is 0 Å². The zero-order chi connectivity index (χ0) is 23.4. The average molecular weight is 462 g/mol. The van der Waals surface area contributed by atoms with Gasteiger partial charge in [-0.1, -0.05) is 41.7 Å². The van der Waals surface area contributed by atoms with Crippen LogP contribution in [0.25, 0.3) is 10.8 Å². The minimum absolute atomic E-state index is 0.000909. The third-order valence-electron chi connectivity index (χ3n) is 4.92. The molecule has 9 heteroatoms. The molecule has 1 heterocycles. The number of hydrogen-bond acceptors (Lipinski definition) is 7. The maximum absolute atomic E-state index is 12.7. The molecule has 0 saturated carbocycles. The quantitative estimate of drug-likeness (QED) is 0.268. The Bertz CT molecular complexity index is 1300. The van der Waals surface area contributed by atoms with E-state index >= 15 is 0 Å². The molecule has 4 aromatic rings. The number of aromatic nitrogens is 1. The van der Waals surface area contributed by atoms with Gasteiger partial charge in [0.25, 0.3) is 11.8 Å². The first-order valence-corrected chi connectivity index (χ1v) is 11.1. The minimum atomic E-state index is -0.731. The van der Waals surface area contributed by atoms with E-state index in [0.29, 0.717) is 10.7 Å². The fourth-order valence-corrected chi connectivity index (χ4v) is 4.12. The summed E-state index contributed by atoms with van der Waals surface area (Å²) in [6.45, 7) is 1.85. The van der Waals surface area contributed by atoms with Gasteiger partial charge < -0.3 is 26.8 Å². The van der Waals surface area contributed by atoms with Crippen LogP contribution >= 0.6 is 11.3 Å². The first kappa shape index (κ1) is 22.3. The predicted molar refractivity (Wildman–Crippen MR) is 132 cm³/mol. The van der Waals surface area contributed by atoms with Gasteiger partial charge in [0.2, 0.25) is 0 Å². The lowest BCUT2D eigenvalue weighted by molar-refractivity contribution is 0.0997. The molecule has 0 aliphatic heterocycles. The molecule has 3 aromatic carbocycles. The van der Waals surface area contributed by atoms with Crippen LogP contribution in [0.2, 0.25) is 0 Å². The Balaban J connectivity index is 1.51. The van der Waals surface area contributed by atoms with E-state index in [2.05, 4.69) is 20.9 Å². The Morgan fingerprint density at radius 2 is 1.73 bits per heavy atom. The molecule has 0 radical (unpaired) electrons. The molecule has 4 rings (SSSR count). The zero-order valence-corrected chi connectivity index (χ0v) is 18.6. The van der Waals surface area contributed by atoms with Crippen LogP contribution in [0.15, 0.2) is 66.7 Å². The van der Waals surface area contributed by atoms with Crippen molar-refractivity contribution in [3.05, 3.63) is 78.0 Å². The molecule has 6 N–H and O–H groups in total. The molecule has 33 heavy (non-hydrogen) atoms. The highest BCUT2D eigenvalue weighted by Gasteiger charge is 2.19. The molecule has 1 unspecified atom stereocenters. The number of fused-ring (bicyclic) bond motifs is 1. The number of nitrogens with two attached hydrogens (primary N) is 1. The van der Waals surface area contributed by atoms with E-state index in [0.717, 1.165) is 33.5 Å². The van der Waals surface area contributed by atoms with Crippen molar-refractivity contribution in [1.82, 2.24) is 4.98 Å². The molecule has 2 amide bonds. The van der Waals surface area contributed by atoms with Gasteiger partial charge in [0.05, 0.1) is 6.61 Å². The molecule has 1 atom stereocenters. The minimum Gasteiger partial charge on any atom is -0.394 e. The highest BCUT2D eigenvalue weighted by Crippen LogP contribution is 2.32. The molecule has 0 saturated heterocycles. The number of amides is 2. The molecule has 0 aliphatic rings. The fraction of sp³-hybridized carbons (Fsp3) is 0.125. The summed E-state index contributed by atoms with van der Waals surface area (Å²) in [6, 6.07) is 20.5. The number of hydrogen-bond donors (Lipinski definition) is 5. The summed E-state index contributed by atoms with van der Waals surface area (Å²) in [5, 5.41) is 21.0. The Labute approximate surface area is 194 Å². The molecule has 8 nitrogen and oxygen atoms in total. The van der Waals surface area contributed by atoms with Crippen LogP contribution in [0.5, 0.6) is 0 Å². The summed E-state index contributed by atoms with van der Waals surface area (Å²) in [4.78, 5) is 28.9. The smallest absolute Gasteiger partial charge is 0.270 e. The maximum Gasteiger partial charge on any atom is 0.270 e. The van der Waals surface area contributed by atoms with E-state index in [-0.39, 0.29) is 29.3 Å². The Hall–Kier alpha value is -3.95. The van der Waals surface area contributed by atoms with Crippen LogP contribution in [0.1, 0.15) is 27.8 Å². The lowest BCUT2D eigenvalue weighted by atomic mass is 10.1. The van der Waals surface area contributed by atoms with Crippen molar-refractivity contribution in [2.24, 2.45) is 5.73 Å². The van der Waals surface area contributed by atoms with Crippen LogP contribution in [0, 0.1) is 0 Å². The van der Waals surface area contributed by atoms with Crippen molar-refractivity contribution in [1.29, 1.82) is 0 Å². The van der Waals surface area contributed by atoms with Crippen LogP contribution in [0.3, 0.4) is 0 Å². The number of thiazole rings is 1. The van der Waals surface area contributed by atoms with Gasteiger partial charge >= 0.3 is 0 Å². The summed E-state index contributed by atoms with van der Waals surface area (Å²) < 4.78 is 0. The Morgan fingerprint density at radius 1 is 1.03 bits per heavy atom. The van der Waals surface area contributed by atoms with Crippen molar-refractivity contribution in [3.8, 4) is 0 Å². The van der Waals surface area contributed by atoms with E-state index in [4.69, 9.17) is 10.8 Å². The van der Waals surface area contributed by atoms with Gasteiger partial charge in [-0.3, -0.25) is 9.59 Å². The molecule has 0 fully saturated rings. The van der Waals surface area contributed by atoms with Crippen molar-refractivity contribution in [2.45, 2.75) is 13.0 Å². The number of aliphatic hydroxyl groups excluding tert-OH is 1. The summed E-state index contributed by atoms with van der Waals surface area (Å²) in [7, 11) is 0. The molecule has 1 aromatic heterocycles.